The van der Waals surface area contributed by atoms with Crippen LogP contribution in [0.15, 0.2) is 0 Å². The summed E-state index contributed by atoms with van der Waals surface area (Å²) in [6.45, 7) is 4.61. The Morgan fingerprint density at radius 2 is 0.625 bits per heavy atom. The summed E-state index contributed by atoms with van der Waals surface area (Å²) in [5, 5.41) is 3.15. The first-order valence-corrected chi connectivity index (χ1v) is 12.9. The number of unbranched alkanes of at least 4 members (excludes halogenated alkanes) is 16. The van der Waals surface area contributed by atoms with Gasteiger partial charge >= 0.3 is 155 Å². The van der Waals surface area contributed by atoms with Crippen molar-refractivity contribution in [3.05, 3.63) is 0 Å². The van der Waals surface area contributed by atoms with Gasteiger partial charge in [-0.1, -0.05) is 0 Å². The van der Waals surface area contributed by atoms with Crippen LogP contribution in [0.4, 0.5) is 0 Å². The molecule has 2 heteroatoms. The molecule has 0 aliphatic rings. The molecule has 0 atom stereocenters. The van der Waals surface area contributed by atoms with Gasteiger partial charge in [0.25, 0.3) is 0 Å². The predicted molar refractivity (Wildman–Crippen MR) is 110 cm³/mol. The fourth-order valence-electron chi connectivity index (χ4n) is 3.34. The third-order valence-electron chi connectivity index (χ3n) is 5.02. The van der Waals surface area contributed by atoms with E-state index in [9.17, 15) is 0 Å². The van der Waals surface area contributed by atoms with Crippen molar-refractivity contribution in [2.75, 3.05) is 0 Å². The van der Waals surface area contributed by atoms with Crippen LogP contribution in [0.3, 0.4) is 0 Å². The van der Waals surface area contributed by atoms with E-state index in [0.29, 0.717) is 0 Å². The van der Waals surface area contributed by atoms with E-state index in [-0.39, 0.29) is 4.70 Å². The van der Waals surface area contributed by atoms with Crippen molar-refractivity contribution in [1.82, 2.24) is 0 Å². The molecule has 0 aromatic carbocycles. The smallest absolute Gasteiger partial charge is 1.00 e. The molecule has 0 nitrogen and oxygen atoms in total. The summed E-state index contributed by atoms with van der Waals surface area (Å²) >= 11 is 0.783. The van der Waals surface area contributed by atoms with E-state index in [1.165, 1.54) is 116 Å². The Hall–Kier alpha value is 0.462. The van der Waals surface area contributed by atoms with E-state index < -0.39 is 0 Å². The van der Waals surface area contributed by atoms with E-state index >= 15 is 0 Å². The molecular weight excluding hydrogens is 310 g/mol. The van der Waals surface area contributed by atoms with Crippen LogP contribution in [0.25, 0.3) is 0 Å². The predicted octanol–water partition coefficient (Wildman–Crippen LogP) is 5.59. The van der Waals surface area contributed by atoms with Crippen molar-refractivity contribution in [2.45, 2.75) is 140 Å². The number of halogens is 1. The van der Waals surface area contributed by atoms with Gasteiger partial charge in [-0.15, -0.1) is 0 Å². The van der Waals surface area contributed by atoms with Gasteiger partial charge in [0.2, 0.25) is 0 Å². The average Bonchev–Trinajstić information content (AvgIpc) is 2.57. The Kier molecular flexibility index (Phi) is 28.6. The minimum absolute atomic E-state index is 0. The van der Waals surface area contributed by atoms with E-state index in [1.807, 2.05) is 0 Å². The van der Waals surface area contributed by atoms with Crippen molar-refractivity contribution in [3.63, 3.8) is 0 Å². The first kappa shape index (κ1) is 26.7. The molecule has 0 unspecified atom stereocenters. The molecule has 0 saturated heterocycles. The molecule has 0 fully saturated rings. The second kappa shape index (κ2) is 25.7. The zero-order chi connectivity index (χ0) is 16.8. The molecule has 0 aliphatic carbocycles. The quantitative estimate of drug-likeness (QED) is 0.197. The Bertz CT molecular complexity index is 176. The van der Waals surface area contributed by atoms with Crippen molar-refractivity contribution in [1.29, 1.82) is 0 Å². The van der Waals surface area contributed by atoms with E-state index in [2.05, 4.69) is 13.8 Å². The van der Waals surface area contributed by atoms with Gasteiger partial charge in [0, 0.05) is 0 Å². The van der Waals surface area contributed by atoms with Crippen LogP contribution >= 0.6 is 0 Å². The number of rotatable bonds is 20. The van der Waals surface area contributed by atoms with Gasteiger partial charge in [-0.3, -0.25) is 0 Å². The van der Waals surface area contributed by atoms with E-state index in [4.69, 9.17) is 0 Å². The van der Waals surface area contributed by atoms with Crippen molar-refractivity contribution in [2.24, 2.45) is 0 Å². The van der Waals surface area contributed by atoms with Gasteiger partial charge in [0.1, 0.15) is 0 Å². The topological polar surface area (TPSA) is 0 Å². The van der Waals surface area contributed by atoms with Crippen LogP contribution in [0.2, 0.25) is 10.6 Å². The maximum absolute atomic E-state index is 2.30. The van der Waals surface area contributed by atoms with Gasteiger partial charge in [-0.25, -0.2) is 0 Å². The number of hydrogen-bond acceptors (Lipinski definition) is 0. The summed E-state index contributed by atoms with van der Waals surface area (Å²) in [4.78, 5) is 0. The molecule has 0 aliphatic heterocycles. The Morgan fingerprint density at radius 1 is 0.375 bits per heavy atom. The molecule has 0 bridgehead atoms. The molecule has 0 heterocycles. The Labute approximate surface area is 160 Å². The molecule has 144 valence electrons. The molecule has 24 heavy (non-hydrogen) atoms. The minimum atomic E-state index is 0. The molecule has 0 radical (unpaired) electrons. The first-order valence-electron chi connectivity index (χ1n) is 11.2. The average molecular weight is 357 g/mol. The van der Waals surface area contributed by atoms with Crippen LogP contribution in [-0.2, 0) is 0 Å². The standard InChI is InChI=1S/2C11H23.Al.FH/c2*1-3-5-7-9-11-10-8-6-4-2;;/h2*1,3-11H2,2H3;;1H/q;;+1;/p-1. The second-order valence-corrected chi connectivity index (χ2v) is 9.25. The molecule has 0 aromatic heterocycles. The monoisotopic (exact) mass is 356 g/mol. The number of hydrogen-bond donors (Lipinski definition) is 0. The van der Waals surface area contributed by atoms with Crippen LogP contribution < -0.4 is 4.70 Å². The maximum atomic E-state index is 2.30. The third kappa shape index (κ3) is 24.7. The van der Waals surface area contributed by atoms with E-state index in [1.54, 1.807) is 10.6 Å². The zero-order valence-corrected chi connectivity index (χ0v) is 18.3. The molecule has 0 N–H and O–H groups in total. The Morgan fingerprint density at radius 3 is 0.917 bits per heavy atom. The summed E-state index contributed by atoms with van der Waals surface area (Å²) in [6.07, 6.45) is 26.6. The summed E-state index contributed by atoms with van der Waals surface area (Å²) in [5.74, 6) is 0. The van der Waals surface area contributed by atoms with Crippen LogP contribution in [0.1, 0.15) is 129 Å². The Balaban J connectivity index is 0. The molecule has 0 aromatic rings. The molecular formula is C22H46AlF. The van der Waals surface area contributed by atoms with Gasteiger partial charge in [-0.05, 0) is 0 Å². The maximum Gasteiger partial charge on any atom is -1.00 e. The van der Waals surface area contributed by atoms with E-state index in [0.717, 1.165) is 15.2 Å². The van der Waals surface area contributed by atoms with Crippen LogP contribution in [0.5, 0.6) is 0 Å². The van der Waals surface area contributed by atoms with Gasteiger partial charge in [-0.2, -0.15) is 0 Å². The zero-order valence-electron chi connectivity index (χ0n) is 17.1. The molecule has 0 rings (SSSR count). The fourth-order valence-corrected chi connectivity index (χ4v) is 4.79. The summed E-state index contributed by atoms with van der Waals surface area (Å²) in [7, 11) is 0. The van der Waals surface area contributed by atoms with Crippen molar-refractivity contribution >= 4 is 15.2 Å². The minimum Gasteiger partial charge on any atom is -1.00 e. The van der Waals surface area contributed by atoms with Gasteiger partial charge in [0.15, 0.2) is 0 Å². The normalized spacial score (nSPS) is 10.4. The summed E-state index contributed by atoms with van der Waals surface area (Å²) in [5.41, 5.74) is 0. The third-order valence-corrected chi connectivity index (χ3v) is 6.66. The SMILES string of the molecule is CCCCCCCCCC[CH2][Al+][CH2]CCCCCCCCCC.[F-]. The van der Waals surface area contributed by atoms with Crippen LogP contribution in [0, 0.1) is 0 Å². The summed E-state index contributed by atoms with van der Waals surface area (Å²) in [6, 6.07) is 0. The van der Waals surface area contributed by atoms with Crippen molar-refractivity contribution < 1.29 is 4.70 Å². The second-order valence-electron chi connectivity index (χ2n) is 7.52. The van der Waals surface area contributed by atoms with Gasteiger partial charge < -0.3 is 4.70 Å². The largest absolute Gasteiger partial charge is 1.00 e. The van der Waals surface area contributed by atoms with Crippen molar-refractivity contribution in [3.8, 4) is 0 Å². The van der Waals surface area contributed by atoms with Gasteiger partial charge in [0.05, 0.1) is 0 Å². The molecule has 0 spiro atoms. The summed E-state index contributed by atoms with van der Waals surface area (Å²) < 4.78 is 0. The van der Waals surface area contributed by atoms with Crippen LogP contribution in [-0.4, -0.2) is 15.2 Å². The fraction of sp³-hybridized carbons (Fsp3) is 1.00. The molecule has 0 saturated carbocycles. The molecule has 0 amide bonds. The first-order chi connectivity index (χ1) is 11.4.